The summed E-state index contributed by atoms with van der Waals surface area (Å²) in [4.78, 5) is 6.40. The molecule has 1 aromatic heterocycles. The first-order chi connectivity index (χ1) is 8.33. The lowest BCUT2D eigenvalue weighted by molar-refractivity contribution is 0.300. The number of hydrogen-bond acceptors (Lipinski definition) is 5. The highest BCUT2D eigenvalue weighted by Crippen LogP contribution is 2.31. The van der Waals surface area contributed by atoms with Gasteiger partial charge < -0.3 is 14.2 Å². The van der Waals surface area contributed by atoms with Crippen LogP contribution in [0.4, 0.5) is 5.69 Å². The van der Waals surface area contributed by atoms with Gasteiger partial charge in [-0.15, -0.1) is 0 Å². The van der Waals surface area contributed by atoms with Crippen LogP contribution in [0.15, 0.2) is 28.8 Å². The fraction of sp³-hybridized carbons (Fsp3) is 0.333. The number of para-hydroxylation sites is 2. The molecule has 5 heteroatoms. The van der Waals surface area contributed by atoms with E-state index in [1.54, 1.807) is 0 Å². The van der Waals surface area contributed by atoms with Gasteiger partial charge in [0.2, 0.25) is 5.89 Å². The van der Waals surface area contributed by atoms with E-state index in [2.05, 4.69) is 15.0 Å². The summed E-state index contributed by atoms with van der Waals surface area (Å²) in [6.07, 6.45) is 0. The number of ether oxygens (including phenoxy) is 1. The smallest absolute Gasteiger partial charge is 0.246 e. The molecule has 0 bridgehead atoms. The van der Waals surface area contributed by atoms with Crippen LogP contribution in [0.1, 0.15) is 11.7 Å². The van der Waals surface area contributed by atoms with Crippen molar-refractivity contribution in [2.75, 3.05) is 18.1 Å². The van der Waals surface area contributed by atoms with Gasteiger partial charge in [0, 0.05) is 0 Å². The van der Waals surface area contributed by atoms with Crippen LogP contribution >= 0.6 is 0 Å². The molecule has 0 N–H and O–H groups in total. The van der Waals surface area contributed by atoms with Gasteiger partial charge in [-0.25, -0.2) is 0 Å². The maximum atomic E-state index is 5.59. The van der Waals surface area contributed by atoms with Gasteiger partial charge in [0.25, 0.3) is 0 Å². The van der Waals surface area contributed by atoms with Crippen molar-refractivity contribution in [1.29, 1.82) is 0 Å². The first kappa shape index (κ1) is 10.1. The van der Waals surface area contributed by atoms with E-state index in [1.807, 2.05) is 31.2 Å². The van der Waals surface area contributed by atoms with Gasteiger partial charge in [-0.1, -0.05) is 17.3 Å². The number of anilines is 1. The minimum atomic E-state index is 0.626. The zero-order valence-corrected chi connectivity index (χ0v) is 9.59. The molecule has 0 amide bonds. The van der Waals surface area contributed by atoms with Crippen molar-refractivity contribution in [2.24, 2.45) is 0 Å². The Hall–Kier alpha value is -2.04. The molecule has 0 atom stereocenters. The van der Waals surface area contributed by atoms with Crippen molar-refractivity contribution in [2.45, 2.75) is 13.5 Å². The molecule has 0 aliphatic carbocycles. The number of hydrogen-bond donors (Lipinski definition) is 0. The predicted octanol–water partition coefficient (Wildman–Crippen LogP) is 1.78. The van der Waals surface area contributed by atoms with E-state index in [4.69, 9.17) is 9.26 Å². The summed E-state index contributed by atoms with van der Waals surface area (Å²) < 4.78 is 10.7. The molecule has 1 aliphatic heterocycles. The summed E-state index contributed by atoms with van der Waals surface area (Å²) in [5.74, 6) is 2.22. The topological polar surface area (TPSA) is 51.4 Å². The fourth-order valence-electron chi connectivity index (χ4n) is 1.96. The number of nitrogens with zero attached hydrogens (tertiary/aromatic N) is 3. The highest BCUT2D eigenvalue weighted by Gasteiger charge is 2.19. The van der Waals surface area contributed by atoms with Crippen LogP contribution in [0, 0.1) is 6.92 Å². The molecule has 0 unspecified atom stereocenters. The van der Waals surface area contributed by atoms with Crippen LogP contribution in [0.3, 0.4) is 0 Å². The molecule has 88 valence electrons. The van der Waals surface area contributed by atoms with Gasteiger partial charge in [-0.05, 0) is 19.1 Å². The molecule has 0 spiro atoms. The molecule has 17 heavy (non-hydrogen) atoms. The minimum absolute atomic E-state index is 0.626. The highest BCUT2D eigenvalue weighted by atomic mass is 16.5. The first-order valence-electron chi connectivity index (χ1n) is 5.59. The third kappa shape index (κ3) is 1.95. The van der Waals surface area contributed by atoms with E-state index < -0.39 is 0 Å². The van der Waals surface area contributed by atoms with Crippen molar-refractivity contribution < 1.29 is 9.26 Å². The molecule has 0 saturated carbocycles. The van der Waals surface area contributed by atoms with E-state index in [1.165, 1.54) is 0 Å². The normalized spacial score (nSPS) is 14.3. The van der Waals surface area contributed by atoms with Crippen molar-refractivity contribution in [1.82, 2.24) is 10.1 Å². The Kier molecular flexibility index (Phi) is 2.44. The zero-order valence-electron chi connectivity index (χ0n) is 9.59. The van der Waals surface area contributed by atoms with E-state index in [0.717, 1.165) is 18.0 Å². The Bertz CT molecular complexity index is 524. The van der Waals surface area contributed by atoms with Gasteiger partial charge in [0.1, 0.15) is 12.4 Å². The lowest BCUT2D eigenvalue weighted by atomic mass is 10.2. The van der Waals surface area contributed by atoms with Crippen LogP contribution in [-0.2, 0) is 6.54 Å². The maximum Gasteiger partial charge on any atom is 0.246 e. The van der Waals surface area contributed by atoms with Crippen molar-refractivity contribution in [3.63, 3.8) is 0 Å². The molecule has 2 heterocycles. The highest BCUT2D eigenvalue weighted by molar-refractivity contribution is 5.59. The second-order valence-electron chi connectivity index (χ2n) is 3.97. The molecule has 2 aromatic rings. The number of rotatable bonds is 2. The van der Waals surface area contributed by atoms with Gasteiger partial charge in [-0.2, -0.15) is 4.98 Å². The summed E-state index contributed by atoms with van der Waals surface area (Å²) in [7, 11) is 0. The molecular formula is C12H13N3O2. The SMILES string of the molecule is Cc1noc(CN2CCOc3ccccc32)n1. The number of benzene rings is 1. The Morgan fingerprint density at radius 3 is 3.06 bits per heavy atom. The molecule has 1 aliphatic rings. The van der Waals surface area contributed by atoms with Gasteiger partial charge in [-0.3, -0.25) is 0 Å². The number of aryl methyl sites for hydroxylation is 1. The van der Waals surface area contributed by atoms with E-state index in [0.29, 0.717) is 24.9 Å². The van der Waals surface area contributed by atoms with Gasteiger partial charge in [0.15, 0.2) is 5.82 Å². The van der Waals surface area contributed by atoms with E-state index in [-0.39, 0.29) is 0 Å². The summed E-state index contributed by atoms with van der Waals surface area (Å²) in [5, 5.41) is 3.79. The molecule has 0 fully saturated rings. The molecule has 0 radical (unpaired) electrons. The second kappa shape index (κ2) is 4.08. The first-order valence-corrected chi connectivity index (χ1v) is 5.59. The lowest BCUT2D eigenvalue weighted by Gasteiger charge is -2.29. The molecule has 0 saturated heterocycles. The summed E-state index contributed by atoms with van der Waals surface area (Å²) in [6.45, 7) is 3.96. The molecule has 3 rings (SSSR count). The summed E-state index contributed by atoms with van der Waals surface area (Å²) >= 11 is 0. The Morgan fingerprint density at radius 1 is 1.35 bits per heavy atom. The summed E-state index contributed by atoms with van der Waals surface area (Å²) in [5.41, 5.74) is 1.08. The standard InChI is InChI=1S/C12H13N3O2/c1-9-13-12(17-14-9)8-15-6-7-16-11-5-3-2-4-10(11)15/h2-5H,6-8H2,1H3. The van der Waals surface area contributed by atoms with E-state index in [9.17, 15) is 0 Å². The maximum absolute atomic E-state index is 5.59. The number of fused-ring (bicyclic) bond motifs is 1. The quantitative estimate of drug-likeness (QED) is 0.788. The summed E-state index contributed by atoms with van der Waals surface area (Å²) in [6, 6.07) is 7.98. The van der Waals surface area contributed by atoms with Crippen molar-refractivity contribution in [3.05, 3.63) is 36.0 Å². The van der Waals surface area contributed by atoms with Crippen LogP contribution in [0.5, 0.6) is 5.75 Å². The average molecular weight is 231 g/mol. The van der Waals surface area contributed by atoms with Crippen LogP contribution < -0.4 is 9.64 Å². The van der Waals surface area contributed by atoms with Gasteiger partial charge in [0.05, 0.1) is 18.8 Å². The van der Waals surface area contributed by atoms with Crippen molar-refractivity contribution in [3.8, 4) is 5.75 Å². The Balaban J connectivity index is 1.85. The van der Waals surface area contributed by atoms with Crippen LogP contribution in [0.2, 0.25) is 0 Å². The fourth-order valence-corrected chi connectivity index (χ4v) is 1.96. The molecule has 1 aromatic carbocycles. The zero-order chi connectivity index (χ0) is 11.7. The average Bonchev–Trinajstić information content (AvgIpc) is 2.75. The van der Waals surface area contributed by atoms with Crippen molar-refractivity contribution >= 4 is 5.69 Å². The van der Waals surface area contributed by atoms with Crippen LogP contribution in [-0.4, -0.2) is 23.3 Å². The predicted molar refractivity (Wildman–Crippen MR) is 62.0 cm³/mol. The monoisotopic (exact) mass is 231 g/mol. The Morgan fingerprint density at radius 2 is 2.24 bits per heavy atom. The minimum Gasteiger partial charge on any atom is -0.490 e. The van der Waals surface area contributed by atoms with E-state index >= 15 is 0 Å². The third-order valence-electron chi connectivity index (χ3n) is 2.72. The molecule has 5 nitrogen and oxygen atoms in total. The lowest BCUT2D eigenvalue weighted by Crippen LogP contribution is -2.32. The number of aromatic nitrogens is 2. The third-order valence-corrected chi connectivity index (χ3v) is 2.72. The van der Waals surface area contributed by atoms with Crippen LogP contribution in [0.25, 0.3) is 0 Å². The van der Waals surface area contributed by atoms with Gasteiger partial charge >= 0.3 is 0 Å². The molecular weight excluding hydrogens is 218 g/mol. The second-order valence-corrected chi connectivity index (χ2v) is 3.97. The Labute approximate surface area is 99.0 Å². The largest absolute Gasteiger partial charge is 0.490 e.